The fourth-order valence-electron chi connectivity index (χ4n) is 3.61. The Kier molecular flexibility index (Phi) is 5.40. The summed E-state index contributed by atoms with van der Waals surface area (Å²) < 4.78 is 0. The molecule has 5 nitrogen and oxygen atoms in total. The second-order valence-electron chi connectivity index (χ2n) is 6.85. The lowest BCUT2D eigenvalue weighted by Crippen LogP contribution is -2.36. The molecule has 1 atom stereocenters. The van der Waals surface area contributed by atoms with Crippen LogP contribution in [0.1, 0.15) is 16.8 Å². The van der Waals surface area contributed by atoms with E-state index in [4.69, 9.17) is 0 Å². The zero-order chi connectivity index (χ0) is 20.9. The third-order valence-corrected chi connectivity index (χ3v) is 5.09. The van der Waals surface area contributed by atoms with Gasteiger partial charge in [-0.3, -0.25) is 4.98 Å². The first-order valence-corrected chi connectivity index (χ1v) is 9.61. The predicted molar refractivity (Wildman–Crippen MR) is 120 cm³/mol. The van der Waals surface area contributed by atoms with Gasteiger partial charge in [-0.15, -0.1) is 0 Å². The molecule has 0 bridgehead atoms. The van der Waals surface area contributed by atoms with Gasteiger partial charge in [0.05, 0.1) is 17.3 Å². The highest BCUT2D eigenvalue weighted by molar-refractivity contribution is 5.99. The summed E-state index contributed by atoms with van der Waals surface area (Å²) in [6.07, 6.45) is 6.55. The maximum atomic E-state index is 12.3. The van der Waals surface area contributed by atoms with Crippen molar-refractivity contribution in [3.63, 3.8) is 0 Å². The molecule has 30 heavy (non-hydrogen) atoms. The topological polar surface area (TPSA) is 69.0 Å². The van der Waals surface area contributed by atoms with Crippen molar-refractivity contribution in [1.82, 2.24) is 4.98 Å². The van der Waals surface area contributed by atoms with E-state index in [1.807, 2.05) is 84.9 Å². The highest BCUT2D eigenvalue weighted by Crippen LogP contribution is 2.36. The summed E-state index contributed by atoms with van der Waals surface area (Å²) in [7, 11) is 1.86. The van der Waals surface area contributed by atoms with Crippen LogP contribution in [0.25, 0.3) is 11.1 Å². The molecule has 0 amide bonds. The van der Waals surface area contributed by atoms with E-state index >= 15 is 0 Å². The number of nitrogens with one attached hydrogen (secondary N) is 1. The molecule has 0 saturated heterocycles. The minimum Gasteiger partial charge on any atom is -0.388 e. The SMILES string of the molecule is CNc1cccc(N2C=C(c3ccccn3)C=C(c3ccccc3C#N)C2C=O)c1. The average molecular weight is 392 g/mol. The number of pyridine rings is 1. The van der Waals surface area contributed by atoms with Gasteiger partial charge >= 0.3 is 0 Å². The van der Waals surface area contributed by atoms with E-state index in [0.29, 0.717) is 5.56 Å². The Morgan fingerprint density at radius 3 is 2.67 bits per heavy atom. The molecule has 0 spiro atoms. The largest absolute Gasteiger partial charge is 0.388 e. The fourth-order valence-corrected chi connectivity index (χ4v) is 3.61. The molecule has 1 aromatic heterocycles. The number of nitriles is 1. The standard InChI is InChI=1S/C25H20N4O/c1-27-20-8-6-9-21(14-20)29-16-19(24-11-4-5-12-28-24)13-23(25(29)17-30)22-10-3-2-7-18(22)15-26/h2-14,16-17,25,27H,1H3. The number of rotatable bonds is 5. The van der Waals surface area contributed by atoms with Crippen LogP contribution in [0.4, 0.5) is 11.4 Å². The molecule has 2 heterocycles. The maximum absolute atomic E-state index is 12.3. The van der Waals surface area contributed by atoms with Gasteiger partial charge in [-0.2, -0.15) is 5.26 Å². The Morgan fingerprint density at radius 2 is 1.93 bits per heavy atom. The number of benzene rings is 2. The molecule has 1 unspecified atom stereocenters. The molecule has 146 valence electrons. The summed E-state index contributed by atoms with van der Waals surface area (Å²) in [6, 6.07) is 22.6. The quantitative estimate of drug-likeness (QED) is 0.647. The third kappa shape index (κ3) is 3.59. The van der Waals surface area contributed by atoms with E-state index in [9.17, 15) is 10.1 Å². The van der Waals surface area contributed by atoms with Gasteiger partial charge in [0.25, 0.3) is 0 Å². The maximum Gasteiger partial charge on any atom is 0.147 e. The molecule has 0 saturated carbocycles. The summed E-state index contributed by atoms with van der Waals surface area (Å²) in [5, 5.41) is 12.8. The lowest BCUT2D eigenvalue weighted by Gasteiger charge is -2.33. The van der Waals surface area contributed by atoms with Gasteiger partial charge in [-0.1, -0.05) is 30.3 Å². The van der Waals surface area contributed by atoms with Crippen LogP contribution in [-0.4, -0.2) is 24.4 Å². The molecule has 5 heteroatoms. The predicted octanol–water partition coefficient (Wildman–Crippen LogP) is 4.51. The molecule has 2 aromatic carbocycles. The van der Waals surface area contributed by atoms with Gasteiger partial charge in [0, 0.05) is 36.4 Å². The van der Waals surface area contributed by atoms with Gasteiger partial charge in [0.15, 0.2) is 0 Å². The Labute approximate surface area is 175 Å². The number of carbonyl (C=O) groups is 1. The minimum atomic E-state index is -0.570. The van der Waals surface area contributed by atoms with E-state index in [0.717, 1.165) is 40.1 Å². The molecule has 1 N–H and O–H groups in total. The second kappa shape index (κ2) is 8.46. The number of aromatic nitrogens is 1. The molecule has 0 fully saturated rings. The van der Waals surface area contributed by atoms with Crippen molar-refractivity contribution >= 4 is 28.8 Å². The summed E-state index contributed by atoms with van der Waals surface area (Å²) >= 11 is 0. The van der Waals surface area contributed by atoms with Crippen molar-refractivity contribution in [1.29, 1.82) is 5.26 Å². The fraction of sp³-hybridized carbons (Fsp3) is 0.0800. The van der Waals surface area contributed by atoms with E-state index < -0.39 is 6.04 Å². The van der Waals surface area contributed by atoms with E-state index in [-0.39, 0.29) is 0 Å². The summed E-state index contributed by atoms with van der Waals surface area (Å²) in [4.78, 5) is 18.7. The molecule has 4 rings (SSSR count). The average Bonchev–Trinajstić information content (AvgIpc) is 2.83. The van der Waals surface area contributed by atoms with Crippen LogP contribution in [0.2, 0.25) is 0 Å². The first-order chi connectivity index (χ1) is 14.7. The van der Waals surface area contributed by atoms with Crippen LogP contribution in [0.3, 0.4) is 0 Å². The van der Waals surface area contributed by atoms with Gasteiger partial charge in [-0.25, -0.2) is 0 Å². The Hall–Kier alpha value is -4.17. The van der Waals surface area contributed by atoms with Crippen LogP contribution in [0.15, 0.2) is 85.2 Å². The molecule has 3 aromatic rings. The Balaban J connectivity index is 1.92. The van der Waals surface area contributed by atoms with Gasteiger partial charge in [-0.05, 0) is 53.6 Å². The molecular weight excluding hydrogens is 372 g/mol. The van der Waals surface area contributed by atoms with Crippen molar-refractivity contribution in [2.45, 2.75) is 6.04 Å². The smallest absolute Gasteiger partial charge is 0.147 e. The third-order valence-electron chi connectivity index (χ3n) is 5.09. The van der Waals surface area contributed by atoms with Gasteiger partial charge < -0.3 is 15.0 Å². The van der Waals surface area contributed by atoms with Crippen molar-refractivity contribution in [3.8, 4) is 6.07 Å². The Bertz CT molecular complexity index is 1180. The number of carbonyl (C=O) groups excluding carboxylic acids is 1. The Morgan fingerprint density at radius 1 is 1.10 bits per heavy atom. The summed E-state index contributed by atoms with van der Waals surface area (Å²) in [5.74, 6) is 0. The first-order valence-electron chi connectivity index (χ1n) is 9.61. The molecule has 0 aliphatic carbocycles. The zero-order valence-electron chi connectivity index (χ0n) is 16.5. The number of aldehydes is 1. The van der Waals surface area contributed by atoms with E-state index in [1.165, 1.54) is 0 Å². The van der Waals surface area contributed by atoms with Crippen LogP contribution < -0.4 is 10.2 Å². The van der Waals surface area contributed by atoms with E-state index in [2.05, 4.69) is 16.4 Å². The van der Waals surface area contributed by atoms with Crippen molar-refractivity contribution in [2.75, 3.05) is 17.3 Å². The zero-order valence-corrected chi connectivity index (χ0v) is 16.5. The number of hydrogen-bond acceptors (Lipinski definition) is 5. The van der Waals surface area contributed by atoms with Crippen LogP contribution in [0, 0.1) is 11.3 Å². The van der Waals surface area contributed by atoms with Crippen molar-refractivity contribution < 1.29 is 4.79 Å². The van der Waals surface area contributed by atoms with Crippen LogP contribution in [0.5, 0.6) is 0 Å². The van der Waals surface area contributed by atoms with Crippen molar-refractivity contribution in [3.05, 3.63) is 102 Å². The minimum absolute atomic E-state index is 0.529. The molecule has 1 aliphatic heterocycles. The van der Waals surface area contributed by atoms with Crippen LogP contribution >= 0.6 is 0 Å². The van der Waals surface area contributed by atoms with E-state index in [1.54, 1.807) is 12.3 Å². The molecular formula is C25H20N4O. The van der Waals surface area contributed by atoms with Gasteiger partial charge in [0.1, 0.15) is 12.3 Å². The number of anilines is 2. The van der Waals surface area contributed by atoms with Crippen LogP contribution in [-0.2, 0) is 4.79 Å². The van der Waals surface area contributed by atoms with Crippen molar-refractivity contribution in [2.24, 2.45) is 0 Å². The highest BCUT2D eigenvalue weighted by Gasteiger charge is 2.28. The second-order valence-corrected chi connectivity index (χ2v) is 6.85. The molecule has 0 radical (unpaired) electrons. The first kappa shape index (κ1) is 19.2. The number of hydrogen-bond donors (Lipinski definition) is 1. The summed E-state index contributed by atoms with van der Waals surface area (Å²) in [5.41, 5.74) is 5.51. The monoisotopic (exact) mass is 392 g/mol. The lowest BCUT2D eigenvalue weighted by atomic mass is 9.89. The van der Waals surface area contributed by atoms with Gasteiger partial charge in [0.2, 0.25) is 0 Å². The summed E-state index contributed by atoms with van der Waals surface area (Å²) in [6.45, 7) is 0. The lowest BCUT2D eigenvalue weighted by molar-refractivity contribution is -0.107. The number of allylic oxidation sites excluding steroid dienone is 2. The normalized spacial score (nSPS) is 15.6. The molecule has 1 aliphatic rings. The number of nitrogens with zero attached hydrogens (tertiary/aromatic N) is 3. The highest BCUT2D eigenvalue weighted by atomic mass is 16.1.